The number of hydrogen-bond acceptors (Lipinski definition) is 0. The highest BCUT2D eigenvalue weighted by molar-refractivity contribution is 4.87. The van der Waals surface area contributed by atoms with E-state index < -0.39 is 0 Å². The summed E-state index contributed by atoms with van der Waals surface area (Å²) in [4.78, 5) is 0. The van der Waals surface area contributed by atoms with Gasteiger partial charge in [0.1, 0.15) is 0 Å². The fraction of sp³-hybridized carbons (Fsp3) is 1.00. The Morgan fingerprint density at radius 2 is 0.235 bits per heavy atom. The van der Waals surface area contributed by atoms with Crippen LogP contribution >= 0.6 is 0 Å². The van der Waals surface area contributed by atoms with Crippen molar-refractivity contribution < 1.29 is 0 Å². The summed E-state index contributed by atoms with van der Waals surface area (Å²) in [6, 6.07) is 0. The molecule has 0 saturated heterocycles. The van der Waals surface area contributed by atoms with Gasteiger partial charge in [0.05, 0.1) is 0 Å². The van der Waals surface area contributed by atoms with E-state index in [1.807, 2.05) is 0 Å². The standard InChI is InChI=1S/C85H172/c1-6-11-16-21-26-31-36-41-45-47-50-55-60-65-70-75-80-84(79-74-69-64-59-54-49-46-42-37-32-27-22-17-12-7-2)85(81-76-71-66-61-56-51-40-35-30-25-20-15-10-5,82-77-72-67-62-57-52-44-39-34-29-24-19-14-9-4)83-78-73-68-63-58-53-48-43-38-33-28-23-18-13-8-3/h84H,6-83H2,1-5H3. The van der Waals surface area contributed by atoms with Gasteiger partial charge < -0.3 is 0 Å². The van der Waals surface area contributed by atoms with Gasteiger partial charge in [-0.05, 0) is 43.4 Å². The van der Waals surface area contributed by atoms with Crippen LogP contribution in [0.4, 0.5) is 0 Å². The maximum atomic E-state index is 2.35. The van der Waals surface area contributed by atoms with Crippen LogP contribution in [0.25, 0.3) is 0 Å². The number of unbranched alkanes of at least 4 members (excludes halogenated alkanes) is 68. The topological polar surface area (TPSA) is 0 Å². The minimum absolute atomic E-state index is 0.608. The summed E-state index contributed by atoms with van der Waals surface area (Å²) in [5, 5.41) is 0. The lowest BCUT2D eigenvalue weighted by atomic mass is 9.62. The highest BCUT2D eigenvalue weighted by Crippen LogP contribution is 2.48. The first-order valence-electron chi connectivity index (χ1n) is 42.2. The first-order chi connectivity index (χ1) is 42.2. The molecule has 0 bridgehead atoms. The molecular formula is C85H172. The van der Waals surface area contributed by atoms with Crippen LogP contribution in [0.2, 0.25) is 0 Å². The Kier molecular flexibility index (Phi) is 76.5. The Labute approximate surface area is 543 Å². The van der Waals surface area contributed by atoms with Crippen molar-refractivity contribution in [3.8, 4) is 0 Å². The maximum absolute atomic E-state index is 2.35. The molecule has 2 atom stereocenters. The number of rotatable bonds is 79. The highest BCUT2D eigenvalue weighted by Gasteiger charge is 2.36. The Morgan fingerprint density at radius 3 is 0.365 bits per heavy atom. The predicted octanol–water partition coefficient (Wildman–Crippen LogP) is 33.1. The van der Waals surface area contributed by atoms with Crippen molar-refractivity contribution in [1.29, 1.82) is 0 Å². The van der Waals surface area contributed by atoms with Gasteiger partial charge in [-0.1, -0.05) is 503 Å². The molecule has 0 amide bonds. The van der Waals surface area contributed by atoms with Gasteiger partial charge in [0.2, 0.25) is 0 Å². The van der Waals surface area contributed by atoms with Gasteiger partial charge in [0.25, 0.3) is 0 Å². The van der Waals surface area contributed by atoms with Gasteiger partial charge >= 0.3 is 0 Å². The summed E-state index contributed by atoms with van der Waals surface area (Å²) in [5.41, 5.74) is 0.608. The summed E-state index contributed by atoms with van der Waals surface area (Å²) in [6.07, 6.45) is 116. The van der Waals surface area contributed by atoms with E-state index in [0.717, 1.165) is 5.92 Å². The minimum atomic E-state index is 0.608. The van der Waals surface area contributed by atoms with Crippen molar-refractivity contribution in [3.05, 3.63) is 0 Å². The van der Waals surface area contributed by atoms with Crippen LogP contribution in [0.15, 0.2) is 0 Å². The molecule has 0 saturated carbocycles. The Balaban J connectivity index is 5.89. The van der Waals surface area contributed by atoms with Crippen LogP contribution in [-0.4, -0.2) is 0 Å². The summed E-state index contributed by atoms with van der Waals surface area (Å²) in [7, 11) is 0. The van der Waals surface area contributed by atoms with Crippen LogP contribution in [-0.2, 0) is 0 Å². The first-order valence-corrected chi connectivity index (χ1v) is 42.2. The quantitative estimate of drug-likeness (QED) is 0.0533. The Morgan fingerprint density at radius 1 is 0.129 bits per heavy atom. The van der Waals surface area contributed by atoms with Gasteiger partial charge in [-0.15, -0.1) is 0 Å². The second-order valence-electron chi connectivity index (χ2n) is 29.9. The van der Waals surface area contributed by atoms with E-state index in [2.05, 4.69) is 34.6 Å². The fourth-order valence-corrected chi connectivity index (χ4v) is 15.5. The van der Waals surface area contributed by atoms with E-state index in [0.29, 0.717) is 5.41 Å². The lowest BCUT2D eigenvalue weighted by molar-refractivity contribution is 0.0813. The van der Waals surface area contributed by atoms with Crippen LogP contribution < -0.4 is 0 Å². The molecule has 0 aromatic rings. The van der Waals surface area contributed by atoms with E-state index in [4.69, 9.17) is 0 Å². The van der Waals surface area contributed by atoms with Gasteiger partial charge in [0, 0.05) is 0 Å². The molecule has 0 spiro atoms. The van der Waals surface area contributed by atoms with E-state index >= 15 is 0 Å². The normalized spacial score (nSPS) is 13.0. The van der Waals surface area contributed by atoms with Crippen LogP contribution in [0.1, 0.15) is 535 Å². The molecule has 0 radical (unpaired) electrons. The monoisotopic (exact) mass is 1190 g/mol. The summed E-state index contributed by atoms with van der Waals surface area (Å²) in [6.45, 7) is 11.7. The highest BCUT2D eigenvalue weighted by atomic mass is 14.4. The first kappa shape index (κ1) is 85.0. The summed E-state index contributed by atoms with van der Waals surface area (Å²) < 4.78 is 0. The molecule has 0 rings (SSSR count). The van der Waals surface area contributed by atoms with E-state index in [1.165, 1.54) is 469 Å². The van der Waals surface area contributed by atoms with Crippen molar-refractivity contribution in [2.24, 2.45) is 11.3 Å². The van der Waals surface area contributed by atoms with Crippen LogP contribution in [0, 0.1) is 11.3 Å². The minimum Gasteiger partial charge on any atom is -0.0654 e. The van der Waals surface area contributed by atoms with Crippen molar-refractivity contribution in [1.82, 2.24) is 0 Å². The maximum Gasteiger partial charge on any atom is -0.0269 e. The second kappa shape index (κ2) is 76.5. The SMILES string of the molecule is CCCCCCCCCCCCCCCCCCC(CCCCCCCCCCCCCCCCC)C(CCCCCCCCCCCCCCC)(CCCCCCCCCCCCCCCC)CCCCCCCCCCCCCCCCC. The van der Waals surface area contributed by atoms with Crippen LogP contribution in [0.3, 0.4) is 0 Å². The Hall–Kier alpha value is 0. The molecule has 0 fully saturated rings. The third-order valence-corrected chi connectivity index (χ3v) is 21.5. The zero-order chi connectivity index (χ0) is 61.2. The molecular weight excluding hydrogens is 1020 g/mol. The Bertz CT molecular complexity index is 1120. The lowest BCUT2D eigenvalue weighted by Crippen LogP contribution is -2.32. The van der Waals surface area contributed by atoms with Gasteiger partial charge in [0.15, 0.2) is 0 Å². The predicted molar refractivity (Wildman–Crippen MR) is 394 cm³/mol. The molecule has 0 nitrogen and oxygen atoms in total. The van der Waals surface area contributed by atoms with Crippen LogP contribution in [0.5, 0.6) is 0 Å². The molecule has 0 aliphatic carbocycles. The largest absolute Gasteiger partial charge is 0.0654 e. The van der Waals surface area contributed by atoms with Gasteiger partial charge in [-0.3, -0.25) is 0 Å². The van der Waals surface area contributed by atoms with Crippen molar-refractivity contribution in [2.75, 3.05) is 0 Å². The third-order valence-electron chi connectivity index (χ3n) is 21.5. The molecule has 0 N–H and O–H groups in total. The molecule has 2 unspecified atom stereocenters. The van der Waals surface area contributed by atoms with Crippen molar-refractivity contribution in [3.63, 3.8) is 0 Å². The lowest BCUT2D eigenvalue weighted by Gasteiger charge is -2.43. The molecule has 0 aliphatic heterocycles. The average Bonchev–Trinajstić information content (AvgIpc) is 3.72. The van der Waals surface area contributed by atoms with E-state index in [9.17, 15) is 0 Å². The fourth-order valence-electron chi connectivity index (χ4n) is 15.5. The second-order valence-corrected chi connectivity index (χ2v) is 29.9. The molecule has 0 aromatic carbocycles. The molecule has 0 aliphatic rings. The molecule has 0 heteroatoms. The van der Waals surface area contributed by atoms with E-state index in [1.54, 1.807) is 32.1 Å². The third kappa shape index (κ3) is 66.7. The summed E-state index contributed by atoms with van der Waals surface area (Å²) in [5.74, 6) is 0.979. The van der Waals surface area contributed by atoms with Crippen molar-refractivity contribution in [2.45, 2.75) is 535 Å². The molecule has 85 heavy (non-hydrogen) atoms. The number of hydrogen-bond donors (Lipinski definition) is 0. The van der Waals surface area contributed by atoms with Gasteiger partial charge in [-0.25, -0.2) is 0 Å². The van der Waals surface area contributed by atoms with Gasteiger partial charge in [-0.2, -0.15) is 0 Å². The van der Waals surface area contributed by atoms with Crippen molar-refractivity contribution >= 4 is 0 Å². The van der Waals surface area contributed by atoms with E-state index in [-0.39, 0.29) is 0 Å². The average molecular weight is 1190 g/mol. The summed E-state index contributed by atoms with van der Waals surface area (Å²) >= 11 is 0. The zero-order valence-electron chi connectivity index (χ0n) is 61.2. The molecule has 0 heterocycles. The smallest absolute Gasteiger partial charge is 0.0269 e. The molecule has 512 valence electrons. The molecule has 0 aromatic heterocycles. The zero-order valence-corrected chi connectivity index (χ0v) is 61.2.